The highest BCUT2D eigenvalue weighted by Crippen LogP contribution is 2.09. The predicted molar refractivity (Wildman–Crippen MR) is 71.8 cm³/mol. The maximum Gasteiger partial charge on any atom is 0.255 e. The molecule has 1 atom stereocenters. The average molecular weight is 251 g/mol. The summed E-state index contributed by atoms with van der Waals surface area (Å²) in [5, 5.41) is 3.09. The summed E-state index contributed by atoms with van der Waals surface area (Å²) in [7, 11) is 3.39. The van der Waals surface area contributed by atoms with Crippen molar-refractivity contribution in [1.82, 2.24) is 9.88 Å². The average Bonchev–Trinajstić information content (AvgIpc) is 2.38. The van der Waals surface area contributed by atoms with E-state index in [0.29, 0.717) is 12.2 Å². The minimum atomic E-state index is -0.0462. The molecule has 18 heavy (non-hydrogen) atoms. The van der Waals surface area contributed by atoms with E-state index in [0.717, 1.165) is 12.4 Å². The highest BCUT2D eigenvalue weighted by Gasteiger charge is 2.17. The molecule has 5 heteroatoms. The van der Waals surface area contributed by atoms with E-state index in [4.69, 9.17) is 4.74 Å². The van der Waals surface area contributed by atoms with E-state index >= 15 is 0 Å². The van der Waals surface area contributed by atoms with Crippen LogP contribution in [0.3, 0.4) is 0 Å². The molecule has 0 aliphatic heterocycles. The summed E-state index contributed by atoms with van der Waals surface area (Å²) in [6, 6.07) is 3.63. The first-order chi connectivity index (χ1) is 8.60. The minimum Gasteiger partial charge on any atom is -0.383 e. The van der Waals surface area contributed by atoms with Gasteiger partial charge in [-0.1, -0.05) is 0 Å². The van der Waals surface area contributed by atoms with E-state index in [1.165, 1.54) is 0 Å². The molecule has 0 aliphatic carbocycles. The summed E-state index contributed by atoms with van der Waals surface area (Å²) in [4.78, 5) is 18.0. The second-order valence-corrected chi connectivity index (χ2v) is 4.18. The van der Waals surface area contributed by atoms with Crippen LogP contribution in [0.15, 0.2) is 18.3 Å². The molecule has 0 fully saturated rings. The zero-order valence-corrected chi connectivity index (χ0v) is 11.4. The zero-order chi connectivity index (χ0) is 13.5. The minimum absolute atomic E-state index is 0.0379. The molecule has 0 radical (unpaired) electrons. The number of aromatic nitrogens is 1. The molecule has 0 spiro atoms. The molecule has 0 saturated carbocycles. The lowest BCUT2D eigenvalue weighted by Crippen LogP contribution is -2.37. The predicted octanol–water partition coefficient (Wildman–Crippen LogP) is 1.62. The molecule has 0 saturated heterocycles. The molecule has 5 nitrogen and oxygen atoms in total. The Kier molecular flexibility index (Phi) is 5.58. The maximum absolute atomic E-state index is 12.1. The van der Waals surface area contributed by atoms with Gasteiger partial charge in [0.1, 0.15) is 5.82 Å². The second-order valence-electron chi connectivity index (χ2n) is 4.18. The maximum atomic E-state index is 12.1. The van der Waals surface area contributed by atoms with Gasteiger partial charge in [-0.15, -0.1) is 0 Å². The van der Waals surface area contributed by atoms with Crippen molar-refractivity contribution in [1.29, 1.82) is 0 Å². The van der Waals surface area contributed by atoms with Crippen LogP contribution in [0.4, 0.5) is 5.82 Å². The highest BCUT2D eigenvalue weighted by atomic mass is 16.5. The number of nitrogens with one attached hydrogen (secondary N) is 1. The number of ether oxygens (including phenoxy) is 1. The number of pyridine rings is 1. The molecular weight excluding hydrogens is 230 g/mol. The van der Waals surface area contributed by atoms with Crippen molar-refractivity contribution >= 4 is 11.7 Å². The van der Waals surface area contributed by atoms with Crippen molar-refractivity contribution < 1.29 is 9.53 Å². The third-order valence-corrected chi connectivity index (χ3v) is 2.76. The van der Waals surface area contributed by atoms with Gasteiger partial charge in [0.25, 0.3) is 5.91 Å². The Morgan fingerprint density at radius 2 is 2.28 bits per heavy atom. The van der Waals surface area contributed by atoms with Gasteiger partial charge in [0, 0.05) is 26.9 Å². The van der Waals surface area contributed by atoms with Crippen LogP contribution in [-0.4, -0.2) is 49.1 Å². The van der Waals surface area contributed by atoms with Gasteiger partial charge < -0.3 is 15.0 Å². The van der Waals surface area contributed by atoms with E-state index in [2.05, 4.69) is 10.3 Å². The third-order valence-electron chi connectivity index (χ3n) is 2.76. The van der Waals surface area contributed by atoms with E-state index in [9.17, 15) is 4.79 Å². The molecular formula is C13H21N3O2. The number of carbonyl (C=O) groups excluding carboxylic acids is 1. The van der Waals surface area contributed by atoms with Crippen molar-refractivity contribution in [3.05, 3.63) is 23.9 Å². The van der Waals surface area contributed by atoms with Gasteiger partial charge in [-0.05, 0) is 26.0 Å². The lowest BCUT2D eigenvalue weighted by molar-refractivity contribution is 0.0633. The molecule has 1 unspecified atom stereocenters. The lowest BCUT2D eigenvalue weighted by atomic mass is 10.2. The van der Waals surface area contributed by atoms with Gasteiger partial charge in [0.05, 0.1) is 18.2 Å². The number of likely N-dealkylation sites (N-methyl/N-ethyl adjacent to an activating group) is 1. The van der Waals surface area contributed by atoms with Crippen LogP contribution in [-0.2, 0) is 4.74 Å². The fourth-order valence-corrected chi connectivity index (χ4v) is 1.56. The van der Waals surface area contributed by atoms with E-state index in [1.54, 1.807) is 31.3 Å². The van der Waals surface area contributed by atoms with Gasteiger partial charge in [-0.3, -0.25) is 4.79 Å². The topological polar surface area (TPSA) is 54.5 Å². The molecule has 100 valence electrons. The summed E-state index contributed by atoms with van der Waals surface area (Å²) < 4.78 is 5.04. The Morgan fingerprint density at radius 1 is 1.56 bits per heavy atom. The van der Waals surface area contributed by atoms with Crippen molar-refractivity contribution in [2.75, 3.05) is 32.6 Å². The van der Waals surface area contributed by atoms with Gasteiger partial charge in [0.2, 0.25) is 0 Å². The number of hydrogen-bond donors (Lipinski definition) is 1. The first kappa shape index (κ1) is 14.4. The fourth-order valence-electron chi connectivity index (χ4n) is 1.56. The summed E-state index contributed by atoms with van der Waals surface area (Å²) >= 11 is 0. The summed E-state index contributed by atoms with van der Waals surface area (Å²) in [6.45, 7) is 5.28. The second kappa shape index (κ2) is 6.96. The first-order valence-corrected chi connectivity index (χ1v) is 6.06. The molecule has 0 aromatic carbocycles. The highest BCUT2D eigenvalue weighted by molar-refractivity contribution is 5.94. The Morgan fingerprint density at radius 3 is 2.78 bits per heavy atom. The molecule has 0 aliphatic rings. The van der Waals surface area contributed by atoms with Crippen molar-refractivity contribution in [3.63, 3.8) is 0 Å². The molecule has 1 aromatic heterocycles. The van der Waals surface area contributed by atoms with Crippen LogP contribution in [0.2, 0.25) is 0 Å². The van der Waals surface area contributed by atoms with Crippen LogP contribution in [0, 0.1) is 0 Å². The van der Waals surface area contributed by atoms with Crippen LogP contribution < -0.4 is 5.32 Å². The number of carbonyl (C=O) groups is 1. The number of amides is 1. The zero-order valence-electron chi connectivity index (χ0n) is 11.4. The molecule has 1 heterocycles. The van der Waals surface area contributed by atoms with E-state index in [1.807, 2.05) is 19.9 Å². The Labute approximate surface area is 108 Å². The summed E-state index contributed by atoms with van der Waals surface area (Å²) in [6.07, 6.45) is 1.59. The molecule has 0 bridgehead atoms. The first-order valence-electron chi connectivity index (χ1n) is 6.06. The number of nitrogens with zero attached hydrogens (tertiary/aromatic N) is 2. The SMILES string of the molecule is CCNc1ccc(C(=O)N(C)C(C)COC)cn1. The molecule has 1 amide bonds. The molecule has 1 aromatic rings. The van der Waals surface area contributed by atoms with Crippen LogP contribution in [0.1, 0.15) is 24.2 Å². The summed E-state index contributed by atoms with van der Waals surface area (Å²) in [5.74, 6) is 0.733. The van der Waals surface area contributed by atoms with E-state index in [-0.39, 0.29) is 11.9 Å². The van der Waals surface area contributed by atoms with Gasteiger partial charge >= 0.3 is 0 Å². The van der Waals surface area contributed by atoms with Crippen molar-refractivity contribution in [2.24, 2.45) is 0 Å². The third kappa shape index (κ3) is 3.70. The lowest BCUT2D eigenvalue weighted by Gasteiger charge is -2.24. The Bertz CT molecular complexity index is 378. The van der Waals surface area contributed by atoms with Gasteiger partial charge in [0.15, 0.2) is 0 Å². The van der Waals surface area contributed by atoms with Crippen molar-refractivity contribution in [3.8, 4) is 0 Å². The van der Waals surface area contributed by atoms with Gasteiger partial charge in [-0.25, -0.2) is 4.98 Å². The number of methoxy groups -OCH3 is 1. The quantitative estimate of drug-likeness (QED) is 0.834. The largest absolute Gasteiger partial charge is 0.383 e. The van der Waals surface area contributed by atoms with E-state index < -0.39 is 0 Å². The number of rotatable bonds is 6. The molecule has 1 N–H and O–H groups in total. The van der Waals surface area contributed by atoms with Crippen LogP contribution >= 0.6 is 0 Å². The Hall–Kier alpha value is -1.62. The normalized spacial score (nSPS) is 12.0. The van der Waals surface area contributed by atoms with Crippen LogP contribution in [0.5, 0.6) is 0 Å². The monoisotopic (exact) mass is 251 g/mol. The van der Waals surface area contributed by atoms with Gasteiger partial charge in [-0.2, -0.15) is 0 Å². The standard InChI is InChI=1S/C13H21N3O2/c1-5-14-12-7-6-11(8-15-12)13(17)16(3)10(2)9-18-4/h6-8,10H,5,9H2,1-4H3,(H,14,15). The smallest absolute Gasteiger partial charge is 0.255 e. The summed E-state index contributed by atoms with van der Waals surface area (Å²) in [5.41, 5.74) is 0.585. The number of hydrogen-bond acceptors (Lipinski definition) is 4. The fraction of sp³-hybridized carbons (Fsp3) is 0.538. The molecule has 1 rings (SSSR count). The Balaban J connectivity index is 2.71. The van der Waals surface area contributed by atoms with Crippen LogP contribution in [0.25, 0.3) is 0 Å². The number of anilines is 1. The van der Waals surface area contributed by atoms with Crippen molar-refractivity contribution in [2.45, 2.75) is 19.9 Å².